The lowest BCUT2D eigenvalue weighted by Crippen LogP contribution is -1.82. The van der Waals surface area contributed by atoms with Crippen molar-refractivity contribution in [3.8, 4) is 11.3 Å². The van der Waals surface area contributed by atoms with Crippen LogP contribution in [0.25, 0.3) is 11.3 Å². The molecule has 13 heavy (non-hydrogen) atoms. The Morgan fingerprint density at radius 3 is 2.77 bits per heavy atom. The average molecular weight is 177 g/mol. The van der Waals surface area contributed by atoms with Gasteiger partial charge < -0.3 is 0 Å². The summed E-state index contributed by atoms with van der Waals surface area (Å²) >= 11 is 0. The molecule has 0 saturated carbocycles. The van der Waals surface area contributed by atoms with E-state index in [0.717, 1.165) is 11.4 Å². The van der Waals surface area contributed by atoms with Gasteiger partial charge in [0.25, 0.3) is 0 Å². The van der Waals surface area contributed by atoms with E-state index in [4.69, 9.17) is 0 Å². The van der Waals surface area contributed by atoms with Crippen molar-refractivity contribution in [2.75, 3.05) is 0 Å². The molecule has 0 aliphatic rings. The Balaban J connectivity index is 2.46. The van der Waals surface area contributed by atoms with E-state index in [1.807, 2.05) is 13.0 Å². The van der Waals surface area contributed by atoms with Crippen LogP contribution in [0.1, 0.15) is 5.69 Å². The first-order valence-corrected chi connectivity index (χ1v) is 3.88. The van der Waals surface area contributed by atoms with Crippen molar-refractivity contribution in [2.24, 2.45) is 0 Å². The van der Waals surface area contributed by atoms with Gasteiger partial charge in [0.1, 0.15) is 5.82 Å². The molecule has 0 aromatic carbocycles. The first-order valence-electron chi connectivity index (χ1n) is 3.88. The fourth-order valence-corrected chi connectivity index (χ4v) is 1.13. The molecule has 2 aromatic heterocycles. The van der Waals surface area contributed by atoms with Crippen LogP contribution in [0, 0.1) is 12.7 Å². The fraction of sp³-hybridized carbons (Fsp3) is 0.111. The number of aromatic amines is 1. The molecule has 3 nitrogen and oxygen atoms in total. The monoisotopic (exact) mass is 177 g/mol. The Kier molecular flexibility index (Phi) is 1.81. The first kappa shape index (κ1) is 7.91. The summed E-state index contributed by atoms with van der Waals surface area (Å²) in [6.45, 7) is 1.87. The Morgan fingerprint density at radius 2 is 2.15 bits per heavy atom. The van der Waals surface area contributed by atoms with Gasteiger partial charge in [0.15, 0.2) is 0 Å². The molecule has 0 unspecified atom stereocenters. The Labute approximate surface area is 74.6 Å². The lowest BCUT2D eigenvalue weighted by molar-refractivity contribution is 0.622. The molecule has 0 amide bonds. The highest BCUT2D eigenvalue weighted by atomic mass is 19.1. The molecule has 0 bridgehead atoms. The van der Waals surface area contributed by atoms with E-state index in [9.17, 15) is 4.39 Å². The number of pyridine rings is 1. The third-order valence-corrected chi connectivity index (χ3v) is 1.72. The molecule has 2 rings (SSSR count). The zero-order valence-corrected chi connectivity index (χ0v) is 7.08. The van der Waals surface area contributed by atoms with Crippen LogP contribution < -0.4 is 0 Å². The summed E-state index contributed by atoms with van der Waals surface area (Å²) < 4.78 is 12.8. The van der Waals surface area contributed by atoms with Gasteiger partial charge in [0, 0.05) is 11.8 Å². The normalized spacial score (nSPS) is 10.3. The van der Waals surface area contributed by atoms with E-state index < -0.39 is 0 Å². The maximum Gasteiger partial charge on any atom is 0.142 e. The maximum absolute atomic E-state index is 12.8. The van der Waals surface area contributed by atoms with Crippen LogP contribution in [0.2, 0.25) is 0 Å². The van der Waals surface area contributed by atoms with Gasteiger partial charge in [-0.3, -0.25) is 10.1 Å². The van der Waals surface area contributed by atoms with Crippen molar-refractivity contribution in [3.63, 3.8) is 0 Å². The molecule has 0 atom stereocenters. The van der Waals surface area contributed by atoms with Gasteiger partial charge in [-0.25, -0.2) is 4.39 Å². The van der Waals surface area contributed by atoms with Crippen molar-refractivity contribution in [2.45, 2.75) is 6.92 Å². The van der Waals surface area contributed by atoms with Crippen molar-refractivity contribution >= 4 is 0 Å². The number of nitrogens with zero attached hydrogens (tertiary/aromatic N) is 2. The Bertz CT molecular complexity index is 422. The molecule has 0 aliphatic carbocycles. The minimum Gasteiger partial charge on any atom is -0.278 e. The van der Waals surface area contributed by atoms with Gasteiger partial charge in [-0.2, -0.15) is 5.10 Å². The van der Waals surface area contributed by atoms with E-state index in [1.54, 1.807) is 6.20 Å². The van der Waals surface area contributed by atoms with Gasteiger partial charge in [-0.05, 0) is 19.1 Å². The standard InChI is InChI=1S/C9H8FN3/c1-6-2-9(13-12-6)7-3-8(10)5-11-4-7/h2-5H,1H3,(H,12,13). The highest BCUT2D eigenvalue weighted by Gasteiger charge is 2.01. The van der Waals surface area contributed by atoms with Gasteiger partial charge in [0.2, 0.25) is 0 Å². The average Bonchev–Trinajstić information content (AvgIpc) is 2.52. The van der Waals surface area contributed by atoms with Gasteiger partial charge in [0.05, 0.1) is 17.6 Å². The number of aryl methyl sites for hydroxylation is 1. The molecular formula is C9H8FN3. The van der Waals surface area contributed by atoms with Crippen LogP contribution in [-0.2, 0) is 0 Å². The summed E-state index contributed by atoms with van der Waals surface area (Å²) in [5.74, 6) is -0.343. The van der Waals surface area contributed by atoms with Crippen LogP contribution in [0.3, 0.4) is 0 Å². The van der Waals surface area contributed by atoms with Crippen LogP contribution >= 0.6 is 0 Å². The topological polar surface area (TPSA) is 41.6 Å². The lowest BCUT2D eigenvalue weighted by atomic mass is 10.2. The van der Waals surface area contributed by atoms with Crippen LogP contribution in [0.4, 0.5) is 4.39 Å². The predicted octanol–water partition coefficient (Wildman–Crippen LogP) is 1.92. The molecule has 0 spiro atoms. The SMILES string of the molecule is Cc1cc(-c2cncc(F)c2)[nH]n1. The van der Waals surface area contributed by atoms with Gasteiger partial charge in [-0.1, -0.05) is 0 Å². The van der Waals surface area contributed by atoms with Crippen molar-refractivity contribution < 1.29 is 4.39 Å². The quantitative estimate of drug-likeness (QED) is 0.723. The highest BCUT2D eigenvalue weighted by molar-refractivity contribution is 5.57. The largest absolute Gasteiger partial charge is 0.278 e. The zero-order chi connectivity index (χ0) is 9.26. The van der Waals surface area contributed by atoms with Crippen LogP contribution in [0.15, 0.2) is 24.5 Å². The number of nitrogens with one attached hydrogen (secondary N) is 1. The lowest BCUT2D eigenvalue weighted by Gasteiger charge is -1.94. The van der Waals surface area contributed by atoms with E-state index in [1.165, 1.54) is 12.3 Å². The first-order chi connectivity index (χ1) is 6.25. The molecule has 66 valence electrons. The highest BCUT2D eigenvalue weighted by Crippen LogP contribution is 2.16. The molecule has 2 aromatic rings. The third-order valence-electron chi connectivity index (χ3n) is 1.72. The van der Waals surface area contributed by atoms with Crippen molar-refractivity contribution in [3.05, 3.63) is 36.0 Å². The summed E-state index contributed by atoms with van der Waals surface area (Å²) in [5.41, 5.74) is 2.37. The predicted molar refractivity (Wildman–Crippen MR) is 46.5 cm³/mol. The Morgan fingerprint density at radius 1 is 1.31 bits per heavy atom. The molecule has 0 radical (unpaired) electrons. The van der Waals surface area contributed by atoms with Gasteiger partial charge >= 0.3 is 0 Å². The van der Waals surface area contributed by atoms with E-state index in [-0.39, 0.29) is 5.82 Å². The minimum atomic E-state index is -0.343. The second-order valence-electron chi connectivity index (χ2n) is 2.81. The molecule has 0 aliphatic heterocycles. The van der Waals surface area contributed by atoms with Crippen LogP contribution in [0.5, 0.6) is 0 Å². The summed E-state index contributed by atoms with van der Waals surface area (Å²) in [6, 6.07) is 3.26. The van der Waals surface area contributed by atoms with E-state index >= 15 is 0 Å². The fourth-order valence-electron chi connectivity index (χ4n) is 1.13. The zero-order valence-electron chi connectivity index (χ0n) is 7.08. The molecule has 0 saturated heterocycles. The summed E-state index contributed by atoms with van der Waals surface area (Å²) in [7, 11) is 0. The smallest absolute Gasteiger partial charge is 0.142 e. The van der Waals surface area contributed by atoms with Crippen LogP contribution in [-0.4, -0.2) is 15.2 Å². The number of hydrogen-bond donors (Lipinski definition) is 1. The molecular weight excluding hydrogens is 169 g/mol. The van der Waals surface area contributed by atoms with Gasteiger partial charge in [-0.15, -0.1) is 0 Å². The number of halogens is 1. The molecule has 2 heterocycles. The van der Waals surface area contributed by atoms with E-state index in [0.29, 0.717) is 5.56 Å². The number of hydrogen-bond acceptors (Lipinski definition) is 2. The summed E-state index contributed by atoms with van der Waals surface area (Å²) in [6.07, 6.45) is 2.77. The second kappa shape index (κ2) is 2.97. The summed E-state index contributed by atoms with van der Waals surface area (Å²) in [5, 5.41) is 6.74. The number of rotatable bonds is 1. The van der Waals surface area contributed by atoms with Crippen molar-refractivity contribution in [1.29, 1.82) is 0 Å². The Hall–Kier alpha value is -1.71. The second-order valence-corrected chi connectivity index (χ2v) is 2.81. The maximum atomic E-state index is 12.8. The third kappa shape index (κ3) is 1.56. The minimum absolute atomic E-state index is 0.343. The van der Waals surface area contributed by atoms with E-state index in [2.05, 4.69) is 15.2 Å². The summed E-state index contributed by atoms with van der Waals surface area (Å²) in [4.78, 5) is 3.75. The molecule has 4 heteroatoms. The number of aromatic nitrogens is 3. The number of H-pyrrole nitrogens is 1. The van der Waals surface area contributed by atoms with Crippen molar-refractivity contribution in [1.82, 2.24) is 15.2 Å². The molecule has 1 N–H and O–H groups in total. The molecule has 0 fully saturated rings.